The van der Waals surface area contributed by atoms with Crippen molar-refractivity contribution in [3.8, 4) is 0 Å². The third-order valence-corrected chi connectivity index (χ3v) is 6.67. The van der Waals surface area contributed by atoms with Crippen molar-refractivity contribution >= 4 is 16.7 Å². The van der Waals surface area contributed by atoms with E-state index in [0.717, 1.165) is 36.8 Å². The van der Waals surface area contributed by atoms with E-state index in [1.54, 1.807) is 12.1 Å². The smallest absolute Gasteiger partial charge is 0.150 e. The van der Waals surface area contributed by atoms with Crippen molar-refractivity contribution < 1.29 is 9.18 Å². The Morgan fingerprint density at radius 1 is 1.21 bits per heavy atom. The molecule has 4 atom stereocenters. The molecule has 1 aliphatic carbocycles. The monoisotopic (exact) mass is 382 g/mol. The van der Waals surface area contributed by atoms with Crippen LogP contribution in [-0.2, 0) is 4.79 Å². The molecule has 2 fully saturated rings. The summed E-state index contributed by atoms with van der Waals surface area (Å²) in [6.45, 7) is 10.5. The van der Waals surface area contributed by atoms with Gasteiger partial charge in [0.15, 0.2) is 0 Å². The van der Waals surface area contributed by atoms with Gasteiger partial charge in [-0.25, -0.2) is 4.39 Å². The third-order valence-electron chi connectivity index (χ3n) is 6.67. The molecule has 4 rings (SSSR count). The first-order valence-electron chi connectivity index (χ1n) is 10.5. The van der Waals surface area contributed by atoms with Gasteiger partial charge in [0.1, 0.15) is 11.6 Å². The zero-order chi connectivity index (χ0) is 20.1. The van der Waals surface area contributed by atoms with Crippen LogP contribution in [-0.4, -0.2) is 34.8 Å². The van der Waals surface area contributed by atoms with E-state index in [1.807, 2.05) is 6.20 Å². The second kappa shape index (κ2) is 7.22. The predicted molar refractivity (Wildman–Crippen MR) is 111 cm³/mol. The lowest BCUT2D eigenvalue weighted by molar-refractivity contribution is -0.125. The number of rotatable bonds is 4. The van der Waals surface area contributed by atoms with E-state index in [4.69, 9.17) is 0 Å². The molecule has 0 radical (unpaired) electrons. The van der Waals surface area contributed by atoms with Gasteiger partial charge in [0, 0.05) is 31.1 Å². The van der Waals surface area contributed by atoms with Crippen LogP contribution in [0.2, 0.25) is 0 Å². The normalized spacial score (nSPS) is 26.5. The van der Waals surface area contributed by atoms with E-state index in [1.165, 1.54) is 11.6 Å². The van der Waals surface area contributed by atoms with E-state index >= 15 is 0 Å². The van der Waals surface area contributed by atoms with Crippen LogP contribution in [0.15, 0.2) is 30.5 Å². The lowest BCUT2D eigenvalue weighted by Crippen LogP contribution is -2.39. The lowest BCUT2D eigenvalue weighted by Gasteiger charge is -2.27. The van der Waals surface area contributed by atoms with E-state index in [9.17, 15) is 9.18 Å². The summed E-state index contributed by atoms with van der Waals surface area (Å²) in [5.74, 6) is 1.89. The Morgan fingerprint density at radius 3 is 2.54 bits per heavy atom. The second-order valence-electron chi connectivity index (χ2n) is 10.1. The van der Waals surface area contributed by atoms with Gasteiger partial charge in [0.2, 0.25) is 0 Å². The van der Waals surface area contributed by atoms with E-state index in [2.05, 4.69) is 43.6 Å². The molecule has 0 spiro atoms. The average molecular weight is 383 g/mol. The zero-order valence-corrected chi connectivity index (χ0v) is 17.4. The Hall–Kier alpha value is -1.81. The number of likely N-dealkylation sites (tertiary alicyclic amines) is 1. The summed E-state index contributed by atoms with van der Waals surface area (Å²) in [6, 6.07) is 6.97. The largest absolute Gasteiger partial charge is 0.298 e. The van der Waals surface area contributed by atoms with Crippen LogP contribution >= 0.6 is 0 Å². The number of nitrogens with zero attached hydrogens (tertiary/aromatic N) is 2. The number of pyridine rings is 1. The summed E-state index contributed by atoms with van der Waals surface area (Å²) >= 11 is 0. The van der Waals surface area contributed by atoms with Crippen LogP contribution in [0.5, 0.6) is 0 Å². The Labute approximate surface area is 167 Å². The summed E-state index contributed by atoms with van der Waals surface area (Å²) in [5.41, 5.74) is 2.16. The summed E-state index contributed by atoms with van der Waals surface area (Å²) < 4.78 is 13.8. The van der Waals surface area contributed by atoms with E-state index < -0.39 is 0 Å². The molecule has 1 aromatic carbocycles. The first-order valence-corrected chi connectivity index (χ1v) is 10.5. The first kappa shape index (κ1) is 19.5. The molecule has 1 aliphatic heterocycles. The molecule has 3 nitrogen and oxygen atoms in total. The number of carbonyl (C=O) groups is 1. The molecule has 1 aromatic heterocycles. The number of carbonyl (C=O) groups excluding carboxylic acids is 1. The van der Waals surface area contributed by atoms with Crippen molar-refractivity contribution in [1.29, 1.82) is 0 Å². The van der Waals surface area contributed by atoms with Gasteiger partial charge in [-0.2, -0.15) is 0 Å². The maximum atomic E-state index is 13.8. The molecule has 4 heteroatoms. The molecule has 2 unspecified atom stereocenters. The molecular weight excluding hydrogens is 351 g/mol. The van der Waals surface area contributed by atoms with Crippen molar-refractivity contribution in [3.63, 3.8) is 0 Å². The summed E-state index contributed by atoms with van der Waals surface area (Å²) in [5, 5.41) is 0.957. The molecule has 1 saturated heterocycles. The van der Waals surface area contributed by atoms with Gasteiger partial charge in [-0.1, -0.05) is 20.8 Å². The number of aromatic nitrogens is 1. The Morgan fingerprint density at radius 2 is 1.89 bits per heavy atom. The van der Waals surface area contributed by atoms with Crippen molar-refractivity contribution in [2.75, 3.05) is 13.1 Å². The van der Waals surface area contributed by atoms with Gasteiger partial charge < -0.3 is 0 Å². The fourth-order valence-corrected chi connectivity index (χ4v) is 5.28. The number of halogens is 1. The second-order valence-corrected chi connectivity index (χ2v) is 10.1. The molecule has 2 aliphatic rings. The Kier molecular flexibility index (Phi) is 5.03. The van der Waals surface area contributed by atoms with Gasteiger partial charge in [-0.05, 0) is 72.8 Å². The SMILES string of the molecule is CC(C(=O)CC(C)(C)C)N1C[C@H]2CC(c3ccnc4ccc(F)cc34)C[C@H]2C1. The summed E-state index contributed by atoms with van der Waals surface area (Å²) in [7, 11) is 0. The van der Waals surface area contributed by atoms with Crippen molar-refractivity contribution in [1.82, 2.24) is 9.88 Å². The molecule has 0 N–H and O–H groups in total. The minimum Gasteiger partial charge on any atom is -0.298 e. The molecule has 150 valence electrons. The highest BCUT2D eigenvalue weighted by molar-refractivity contribution is 5.84. The Balaban J connectivity index is 1.45. The Bertz CT molecular complexity index is 874. The number of ketones is 1. The molecule has 0 bridgehead atoms. The van der Waals surface area contributed by atoms with Crippen LogP contribution in [0, 0.1) is 23.1 Å². The van der Waals surface area contributed by atoms with Crippen LogP contribution in [0.4, 0.5) is 4.39 Å². The number of Topliss-reactive ketones (excluding diaryl/α,β-unsaturated/α-hetero) is 1. The predicted octanol–water partition coefficient (Wildman–Crippen LogP) is 5.19. The molecule has 28 heavy (non-hydrogen) atoms. The molecule has 1 saturated carbocycles. The minimum atomic E-state index is -0.197. The number of fused-ring (bicyclic) bond motifs is 2. The van der Waals surface area contributed by atoms with Crippen molar-refractivity contribution in [3.05, 3.63) is 41.8 Å². The highest BCUT2D eigenvalue weighted by Crippen LogP contribution is 2.48. The quantitative estimate of drug-likeness (QED) is 0.729. The standard InChI is InChI=1S/C24H31FN2O/c1-15(23(28)12-24(2,3)4)27-13-17-9-16(10-18(17)14-27)20-7-8-26-22-6-5-19(25)11-21(20)22/h5-8,11,15-18H,9-10,12-14H2,1-4H3/t15?,16?,17-,18+. The first-order chi connectivity index (χ1) is 13.2. The number of hydrogen-bond acceptors (Lipinski definition) is 3. The summed E-state index contributed by atoms with van der Waals surface area (Å²) in [6.07, 6.45) is 4.73. The molecule has 2 heterocycles. The van der Waals surface area contributed by atoms with Gasteiger partial charge >= 0.3 is 0 Å². The van der Waals surface area contributed by atoms with Crippen LogP contribution in [0.1, 0.15) is 58.4 Å². The molecule has 0 amide bonds. The third kappa shape index (κ3) is 3.84. The van der Waals surface area contributed by atoms with Crippen LogP contribution in [0.3, 0.4) is 0 Å². The lowest BCUT2D eigenvalue weighted by atomic mass is 9.88. The highest BCUT2D eigenvalue weighted by atomic mass is 19.1. The van der Waals surface area contributed by atoms with Crippen LogP contribution in [0.25, 0.3) is 10.9 Å². The number of benzene rings is 1. The summed E-state index contributed by atoms with van der Waals surface area (Å²) in [4.78, 5) is 19.4. The molecule has 2 aromatic rings. The van der Waals surface area contributed by atoms with E-state index in [-0.39, 0.29) is 17.3 Å². The fraction of sp³-hybridized carbons (Fsp3) is 0.583. The van der Waals surface area contributed by atoms with Gasteiger partial charge in [0.25, 0.3) is 0 Å². The van der Waals surface area contributed by atoms with Crippen molar-refractivity contribution in [2.45, 2.75) is 58.9 Å². The van der Waals surface area contributed by atoms with Gasteiger partial charge in [-0.3, -0.25) is 14.7 Å². The minimum absolute atomic E-state index is 0.0131. The zero-order valence-electron chi connectivity index (χ0n) is 17.4. The van der Waals surface area contributed by atoms with E-state index in [0.29, 0.717) is 30.0 Å². The highest BCUT2D eigenvalue weighted by Gasteiger charge is 2.43. The fourth-order valence-electron chi connectivity index (χ4n) is 5.28. The van der Waals surface area contributed by atoms with Crippen LogP contribution < -0.4 is 0 Å². The molecular formula is C24H31FN2O. The maximum Gasteiger partial charge on any atom is 0.150 e. The maximum absolute atomic E-state index is 13.8. The van der Waals surface area contributed by atoms with Gasteiger partial charge in [0.05, 0.1) is 11.6 Å². The average Bonchev–Trinajstić information content (AvgIpc) is 3.18. The topological polar surface area (TPSA) is 33.2 Å². The van der Waals surface area contributed by atoms with Crippen molar-refractivity contribution in [2.24, 2.45) is 17.3 Å². The van der Waals surface area contributed by atoms with Gasteiger partial charge in [-0.15, -0.1) is 0 Å². The number of hydrogen-bond donors (Lipinski definition) is 0.